The molecule has 0 saturated carbocycles. The Morgan fingerprint density at radius 2 is 1.72 bits per heavy atom. The molecule has 1 saturated heterocycles. The standard InChI is InChI=1S/C23H26N4O2/c1-16(2)22(28)26-11-8-18(9-12-26)17-3-5-21(6-4-17)25-23(29)27-14-19-7-10-24-13-20(19)15-27/h3-7,10,13-16,18H,8-9,11-12H2,1-2H3,(H,25,29). The van der Waals surface area contributed by atoms with E-state index in [1.807, 2.05) is 36.9 Å². The minimum Gasteiger partial charge on any atom is -0.342 e. The topological polar surface area (TPSA) is 67.2 Å². The van der Waals surface area contributed by atoms with Gasteiger partial charge in [-0.25, -0.2) is 4.79 Å². The van der Waals surface area contributed by atoms with E-state index in [0.717, 1.165) is 42.4 Å². The van der Waals surface area contributed by atoms with Crippen molar-refractivity contribution in [1.82, 2.24) is 14.5 Å². The molecule has 150 valence electrons. The van der Waals surface area contributed by atoms with Crippen LogP contribution in [0.25, 0.3) is 10.8 Å². The molecule has 3 heterocycles. The first-order valence-electron chi connectivity index (χ1n) is 10.1. The van der Waals surface area contributed by atoms with Gasteiger partial charge < -0.3 is 10.2 Å². The lowest BCUT2D eigenvalue weighted by atomic mass is 9.89. The minimum absolute atomic E-state index is 0.0589. The number of amides is 2. The van der Waals surface area contributed by atoms with Crippen LogP contribution in [0.5, 0.6) is 0 Å². The number of hydrogen-bond donors (Lipinski definition) is 1. The Bertz CT molecular complexity index is 982. The van der Waals surface area contributed by atoms with E-state index in [2.05, 4.69) is 22.4 Å². The Hall–Kier alpha value is -3.15. The van der Waals surface area contributed by atoms with Crippen molar-refractivity contribution in [2.75, 3.05) is 18.4 Å². The van der Waals surface area contributed by atoms with Crippen LogP contribution in [-0.4, -0.2) is 39.5 Å². The second-order valence-corrected chi connectivity index (χ2v) is 7.98. The highest BCUT2D eigenvalue weighted by molar-refractivity contribution is 5.95. The molecule has 0 aliphatic carbocycles. The highest BCUT2D eigenvalue weighted by atomic mass is 16.2. The zero-order valence-corrected chi connectivity index (χ0v) is 16.8. The van der Waals surface area contributed by atoms with Gasteiger partial charge >= 0.3 is 6.03 Å². The van der Waals surface area contributed by atoms with E-state index in [1.54, 1.807) is 29.4 Å². The summed E-state index contributed by atoms with van der Waals surface area (Å²) in [6.07, 6.45) is 8.99. The van der Waals surface area contributed by atoms with Crippen LogP contribution in [0.3, 0.4) is 0 Å². The number of benzene rings is 1. The van der Waals surface area contributed by atoms with Crippen molar-refractivity contribution in [2.45, 2.75) is 32.6 Å². The maximum atomic E-state index is 12.5. The van der Waals surface area contributed by atoms with Crippen LogP contribution in [0.1, 0.15) is 38.2 Å². The molecule has 1 aliphatic heterocycles. The number of likely N-dealkylation sites (tertiary alicyclic amines) is 1. The van der Waals surface area contributed by atoms with Gasteiger partial charge in [-0.3, -0.25) is 14.3 Å². The average molecular weight is 390 g/mol. The fourth-order valence-electron chi connectivity index (χ4n) is 3.92. The van der Waals surface area contributed by atoms with Crippen molar-refractivity contribution < 1.29 is 9.59 Å². The van der Waals surface area contributed by atoms with Crippen LogP contribution < -0.4 is 5.32 Å². The van der Waals surface area contributed by atoms with Crippen LogP contribution in [0, 0.1) is 5.92 Å². The van der Waals surface area contributed by atoms with Crippen LogP contribution in [0.4, 0.5) is 10.5 Å². The van der Waals surface area contributed by atoms with Crippen molar-refractivity contribution in [2.24, 2.45) is 5.92 Å². The number of piperidine rings is 1. The van der Waals surface area contributed by atoms with Crippen molar-refractivity contribution in [3.05, 3.63) is 60.7 Å². The molecule has 0 bridgehead atoms. The summed E-state index contributed by atoms with van der Waals surface area (Å²) in [7, 11) is 0. The summed E-state index contributed by atoms with van der Waals surface area (Å²) in [5.41, 5.74) is 2.03. The Morgan fingerprint density at radius 1 is 1.03 bits per heavy atom. The summed E-state index contributed by atoms with van der Waals surface area (Å²) in [4.78, 5) is 30.7. The third kappa shape index (κ3) is 4.16. The van der Waals surface area contributed by atoms with E-state index in [0.29, 0.717) is 5.92 Å². The van der Waals surface area contributed by atoms with E-state index < -0.39 is 0 Å². The number of nitrogens with one attached hydrogen (secondary N) is 1. The predicted molar refractivity (Wildman–Crippen MR) is 114 cm³/mol. The van der Waals surface area contributed by atoms with Gasteiger partial charge in [0.1, 0.15) is 0 Å². The van der Waals surface area contributed by atoms with E-state index in [-0.39, 0.29) is 17.9 Å². The van der Waals surface area contributed by atoms with Gasteiger partial charge in [-0.1, -0.05) is 26.0 Å². The summed E-state index contributed by atoms with van der Waals surface area (Å²) in [5.74, 6) is 0.761. The van der Waals surface area contributed by atoms with Crippen molar-refractivity contribution >= 4 is 28.4 Å². The summed E-state index contributed by atoms with van der Waals surface area (Å²) < 4.78 is 1.54. The second kappa shape index (κ2) is 8.07. The maximum Gasteiger partial charge on any atom is 0.329 e. The van der Waals surface area contributed by atoms with Crippen molar-refractivity contribution in [1.29, 1.82) is 0 Å². The number of aromatic nitrogens is 2. The summed E-state index contributed by atoms with van der Waals surface area (Å²) in [6.45, 7) is 5.54. The van der Waals surface area contributed by atoms with Crippen molar-refractivity contribution in [3.8, 4) is 0 Å². The molecule has 0 radical (unpaired) electrons. The molecule has 0 unspecified atom stereocenters. The third-order valence-electron chi connectivity index (χ3n) is 5.61. The molecule has 6 nitrogen and oxygen atoms in total. The summed E-state index contributed by atoms with van der Waals surface area (Å²) in [5, 5.41) is 4.84. The molecular formula is C23H26N4O2. The van der Waals surface area contributed by atoms with Gasteiger partial charge in [0.05, 0.1) is 0 Å². The highest BCUT2D eigenvalue weighted by Crippen LogP contribution is 2.29. The largest absolute Gasteiger partial charge is 0.342 e. The van der Waals surface area contributed by atoms with Crippen LogP contribution in [0.15, 0.2) is 55.1 Å². The molecule has 1 aliphatic rings. The maximum absolute atomic E-state index is 12.5. The first kappa shape index (κ1) is 19.2. The van der Waals surface area contributed by atoms with Gasteiger partial charge in [0, 0.05) is 60.3 Å². The average Bonchev–Trinajstić information content (AvgIpc) is 3.18. The molecule has 0 atom stereocenters. The second-order valence-electron chi connectivity index (χ2n) is 7.98. The van der Waals surface area contributed by atoms with Gasteiger partial charge in [-0.15, -0.1) is 0 Å². The highest BCUT2D eigenvalue weighted by Gasteiger charge is 2.25. The van der Waals surface area contributed by atoms with E-state index >= 15 is 0 Å². The van der Waals surface area contributed by atoms with E-state index in [1.165, 1.54) is 5.56 Å². The van der Waals surface area contributed by atoms with Gasteiger partial charge in [-0.05, 0) is 42.5 Å². The number of anilines is 1. The molecule has 3 aromatic rings. The fraction of sp³-hybridized carbons (Fsp3) is 0.348. The van der Waals surface area contributed by atoms with Gasteiger partial charge in [0.25, 0.3) is 0 Å². The van der Waals surface area contributed by atoms with Crippen LogP contribution in [0.2, 0.25) is 0 Å². The first-order valence-corrected chi connectivity index (χ1v) is 10.1. The Morgan fingerprint density at radius 3 is 2.38 bits per heavy atom. The SMILES string of the molecule is CC(C)C(=O)N1CCC(c2ccc(NC(=O)n3cc4ccncc4c3)cc2)CC1. The zero-order valence-electron chi connectivity index (χ0n) is 16.8. The van der Waals surface area contributed by atoms with Gasteiger partial charge in [0.15, 0.2) is 0 Å². The number of rotatable bonds is 3. The Kier molecular flexibility index (Phi) is 5.34. The third-order valence-corrected chi connectivity index (χ3v) is 5.61. The molecule has 29 heavy (non-hydrogen) atoms. The van der Waals surface area contributed by atoms with Crippen LogP contribution in [-0.2, 0) is 4.79 Å². The number of pyridine rings is 1. The molecule has 0 spiro atoms. The molecule has 6 heteroatoms. The predicted octanol–water partition coefficient (Wildman–Crippen LogP) is 4.48. The normalized spacial score (nSPS) is 15.1. The van der Waals surface area contributed by atoms with Gasteiger partial charge in [-0.2, -0.15) is 0 Å². The van der Waals surface area contributed by atoms with Crippen molar-refractivity contribution in [3.63, 3.8) is 0 Å². The number of fused-ring (bicyclic) bond motifs is 1. The molecular weight excluding hydrogens is 364 g/mol. The lowest BCUT2D eigenvalue weighted by Gasteiger charge is -2.33. The smallest absolute Gasteiger partial charge is 0.329 e. The fourth-order valence-corrected chi connectivity index (χ4v) is 3.92. The molecule has 1 fully saturated rings. The number of carbonyl (C=O) groups is 2. The van der Waals surface area contributed by atoms with Crippen LogP contribution >= 0.6 is 0 Å². The molecule has 2 aromatic heterocycles. The number of carbonyl (C=O) groups excluding carboxylic acids is 2. The Labute approximate surface area is 170 Å². The van der Waals surface area contributed by atoms with E-state index in [9.17, 15) is 9.59 Å². The van der Waals surface area contributed by atoms with Gasteiger partial charge in [0.2, 0.25) is 5.91 Å². The Balaban J connectivity index is 1.37. The van der Waals surface area contributed by atoms with E-state index in [4.69, 9.17) is 0 Å². The quantitative estimate of drug-likeness (QED) is 0.717. The lowest BCUT2D eigenvalue weighted by molar-refractivity contribution is -0.135. The number of nitrogens with zero attached hydrogens (tertiary/aromatic N) is 3. The molecule has 2 amide bonds. The summed E-state index contributed by atoms with van der Waals surface area (Å²) >= 11 is 0. The zero-order chi connectivity index (χ0) is 20.4. The minimum atomic E-state index is -0.200. The number of hydrogen-bond acceptors (Lipinski definition) is 3. The molecule has 4 rings (SSSR count). The first-order chi connectivity index (χ1) is 14.0. The lowest BCUT2D eigenvalue weighted by Crippen LogP contribution is -2.40. The molecule has 1 aromatic carbocycles. The summed E-state index contributed by atoms with van der Waals surface area (Å²) in [6, 6.07) is 9.74. The molecule has 1 N–H and O–H groups in total. The monoisotopic (exact) mass is 390 g/mol.